The second-order valence-corrected chi connectivity index (χ2v) is 12.8. The summed E-state index contributed by atoms with van der Waals surface area (Å²) in [6.07, 6.45) is 7.19. The lowest BCUT2D eigenvalue weighted by Crippen LogP contribution is -2.50. The average molecular weight is 562 g/mol. The van der Waals surface area contributed by atoms with Crippen LogP contribution in [0.5, 0.6) is 5.75 Å². The van der Waals surface area contributed by atoms with Gasteiger partial charge in [-0.05, 0) is 38.0 Å². The van der Waals surface area contributed by atoms with Crippen molar-refractivity contribution in [2.45, 2.75) is 63.1 Å². The Morgan fingerprint density at radius 3 is 2.64 bits per heavy atom. The first-order valence-electron chi connectivity index (χ1n) is 13.5. The van der Waals surface area contributed by atoms with Gasteiger partial charge in [0.2, 0.25) is 5.91 Å². The highest BCUT2D eigenvalue weighted by atomic mass is 32.2. The van der Waals surface area contributed by atoms with E-state index in [9.17, 15) is 23.1 Å². The Bertz CT molecular complexity index is 1290. The molecule has 4 rings (SSSR count). The molecule has 1 aliphatic carbocycles. The van der Waals surface area contributed by atoms with Crippen LogP contribution in [-0.4, -0.2) is 83.0 Å². The first-order chi connectivity index (χ1) is 18.5. The van der Waals surface area contributed by atoms with Gasteiger partial charge in [0.15, 0.2) is 5.03 Å². The molecule has 1 aromatic heterocycles. The van der Waals surface area contributed by atoms with Crippen molar-refractivity contribution in [3.05, 3.63) is 36.3 Å². The summed E-state index contributed by atoms with van der Waals surface area (Å²) in [5.41, 5.74) is 0.752. The molecule has 1 aromatic carbocycles. The summed E-state index contributed by atoms with van der Waals surface area (Å²) in [4.78, 5) is 32.1. The zero-order chi connectivity index (χ0) is 28.3. The van der Waals surface area contributed by atoms with Gasteiger partial charge in [0, 0.05) is 44.4 Å². The quantitative estimate of drug-likeness (QED) is 0.506. The number of aliphatic hydroxyl groups excluding tert-OH is 1. The summed E-state index contributed by atoms with van der Waals surface area (Å²) in [7, 11) is -0.690. The summed E-state index contributed by atoms with van der Waals surface area (Å²) >= 11 is 0. The maximum absolute atomic E-state index is 13.7. The van der Waals surface area contributed by atoms with Crippen molar-refractivity contribution in [3.8, 4) is 5.75 Å². The minimum absolute atomic E-state index is 0.0230. The zero-order valence-electron chi connectivity index (χ0n) is 23.0. The van der Waals surface area contributed by atoms with Gasteiger partial charge in [0.1, 0.15) is 11.9 Å². The van der Waals surface area contributed by atoms with Crippen LogP contribution in [0, 0.1) is 11.8 Å². The lowest BCUT2D eigenvalue weighted by atomic mass is 9.88. The largest absolute Gasteiger partial charge is 0.488 e. The number of amides is 2. The van der Waals surface area contributed by atoms with Crippen molar-refractivity contribution in [2.24, 2.45) is 18.9 Å². The number of likely N-dealkylation sites (N-methyl/N-ethyl adjacent to an activating group) is 1. The first-order valence-corrected chi connectivity index (χ1v) is 14.9. The first kappa shape index (κ1) is 29.0. The molecule has 0 bridgehead atoms. The van der Waals surface area contributed by atoms with Gasteiger partial charge in [-0.2, -0.15) is 4.31 Å². The molecule has 2 aliphatic rings. The van der Waals surface area contributed by atoms with E-state index in [-0.39, 0.29) is 53.9 Å². The number of aromatic nitrogens is 2. The number of fused-ring (bicyclic) bond motifs is 1. The minimum Gasteiger partial charge on any atom is -0.488 e. The number of ether oxygens (including phenoxy) is 1. The Labute approximate surface area is 230 Å². The monoisotopic (exact) mass is 561 g/mol. The Balaban J connectivity index is 1.62. The molecule has 2 heterocycles. The van der Waals surface area contributed by atoms with Crippen molar-refractivity contribution in [3.63, 3.8) is 0 Å². The second kappa shape index (κ2) is 12.1. The highest BCUT2D eigenvalue weighted by Crippen LogP contribution is 2.32. The van der Waals surface area contributed by atoms with Gasteiger partial charge in [-0.25, -0.2) is 13.4 Å². The molecular weight excluding hydrogens is 522 g/mol. The molecule has 1 aliphatic heterocycles. The van der Waals surface area contributed by atoms with Gasteiger partial charge in [-0.15, -0.1) is 0 Å². The number of hydrogen-bond acceptors (Lipinski definition) is 7. The molecule has 11 nitrogen and oxygen atoms in total. The Kier molecular flexibility index (Phi) is 8.97. The van der Waals surface area contributed by atoms with Crippen LogP contribution < -0.4 is 10.1 Å². The number of nitrogens with one attached hydrogen (secondary N) is 1. The van der Waals surface area contributed by atoms with Crippen LogP contribution in [0.25, 0.3) is 0 Å². The van der Waals surface area contributed by atoms with E-state index in [4.69, 9.17) is 4.74 Å². The normalized spacial score (nSPS) is 21.6. The van der Waals surface area contributed by atoms with Crippen LogP contribution in [0.4, 0.5) is 5.69 Å². The van der Waals surface area contributed by atoms with Crippen LogP contribution >= 0.6 is 0 Å². The number of hydrogen-bond donors (Lipinski definition) is 2. The summed E-state index contributed by atoms with van der Waals surface area (Å²) in [6.45, 7) is 3.69. The molecule has 1 saturated carbocycles. The van der Waals surface area contributed by atoms with Crippen LogP contribution in [0.1, 0.15) is 56.3 Å². The third kappa shape index (κ3) is 6.44. The fourth-order valence-electron chi connectivity index (χ4n) is 5.16. The van der Waals surface area contributed by atoms with Crippen molar-refractivity contribution in [2.75, 3.05) is 32.1 Å². The minimum atomic E-state index is -3.86. The number of sulfonamides is 1. The van der Waals surface area contributed by atoms with E-state index in [0.29, 0.717) is 11.4 Å². The van der Waals surface area contributed by atoms with Crippen molar-refractivity contribution in [1.29, 1.82) is 0 Å². The van der Waals surface area contributed by atoms with Crippen molar-refractivity contribution in [1.82, 2.24) is 18.8 Å². The molecule has 2 aromatic rings. The second-order valence-electron chi connectivity index (χ2n) is 10.8. The maximum atomic E-state index is 13.7. The third-order valence-electron chi connectivity index (χ3n) is 7.70. The van der Waals surface area contributed by atoms with E-state index in [2.05, 4.69) is 10.3 Å². The van der Waals surface area contributed by atoms with Crippen LogP contribution in [0.3, 0.4) is 0 Å². The number of benzene rings is 1. The number of anilines is 1. The van der Waals surface area contributed by atoms with E-state index >= 15 is 0 Å². The smallest absolute Gasteiger partial charge is 0.261 e. The highest BCUT2D eigenvalue weighted by molar-refractivity contribution is 7.89. The molecule has 3 atom stereocenters. The van der Waals surface area contributed by atoms with Crippen molar-refractivity contribution >= 4 is 27.5 Å². The molecule has 12 heteroatoms. The van der Waals surface area contributed by atoms with Gasteiger partial charge in [0.25, 0.3) is 15.9 Å². The van der Waals surface area contributed by atoms with Gasteiger partial charge in [-0.3, -0.25) is 9.59 Å². The van der Waals surface area contributed by atoms with E-state index in [0.717, 1.165) is 32.1 Å². The van der Waals surface area contributed by atoms with Crippen molar-refractivity contribution < 1.29 is 27.9 Å². The lowest BCUT2D eigenvalue weighted by molar-refractivity contribution is -0.120. The van der Waals surface area contributed by atoms with E-state index in [1.54, 1.807) is 41.6 Å². The fraction of sp³-hybridized carbons (Fsp3) is 0.593. The number of imidazole rings is 1. The molecule has 2 amide bonds. The predicted octanol–water partition coefficient (Wildman–Crippen LogP) is 2.48. The number of carbonyl (C=O) groups is 2. The third-order valence-corrected chi connectivity index (χ3v) is 9.41. The standard InChI is InChI=1S/C27H39N5O6S/c1-18-13-32(19(2)16-33)27(35)22-12-21(29-26(34)20-8-6-5-7-9-20)10-11-23(22)38-24(18)14-31(4)39(36,37)25-15-30(3)17-28-25/h10-12,15,17-20,24,33H,5-9,13-14,16H2,1-4H3,(H,29,34)/t18-,19-,24+/m0/s1. The molecule has 214 valence electrons. The maximum Gasteiger partial charge on any atom is 0.261 e. The molecule has 2 N–H and O–H groups in total. The highest BCUT2D eigenvalue weighted by Gasteiger charge is 2.36. The molecule has 0 spiro atoms. The van der Waals surface area contributed by atoms with E-state index in [1.165, 1.54) is 23.9 Å². The predicted molar refractivity (Wildman–Crippen MR) is 146 cm³/mol. The Morgan fingerprint density at radius 1 is 1.28 bits per heavy atom. The van der Waals surface area contributed by atoms with Crippen LogP contribution in [0.2, 0.25) is 0 Å². The number of nitrogens with zero attached hydrogens (tertiary/aromatic N) is 4. The summed E-state index contributed by atoms with van der Waals surface area (Å²) in [6, 6.07) is 4.48. The van der Waals surface area contributed by atoms with Gasteiger partial charge in [-0.1, -0.05) is 26.2 Å². The number of aliphatic hydroxyl groups is 1. The molecule has 39 heavy (non-hydrogen) atoms. The summed E-state index contributed by atoms with van der Waals surface area (Å²) in [5.74, 6) is -0.378. The number of rotatable bonds is 8. The lowest BCUT2D eigenvalue weighted by Gasteiger charge is -2.38. The van der Waals surface area contributed by atoms with Crippen LogP contribution in [0.15, 0.2) is 35.7 Å². The number of carbonyl (C=O) groups excluding carboxylic acids is 2. The number of aryl methyl sites for hydroxylation is 1. The molecule has 0 saturated heterocycles. The topological polar surface area (TPSA) is 134 Å². The van der Waals surface area contributed by atoms with Crippen LogP contribution in [-0.2, 0) is 21.9 Å². The van der Waals surface area contributed by atoms with Gasteiger partial charge in [0.05, 0.1) is 31.1 Å². The van der Waals surface area contributed by atoms with E-state index in [1.807, 2.05) is 6.92 Å². The summed E-state index contributed by atoms with van der Waals surface area (Å²) in [5, 5.41) is 12.8. The Morgan fingerprint density at radius 2 is 2.00 bits per heavy atom. The fourth-order valence-corrected chi connectivity index (χ4v) is 6.30. The van der Waals surface area contributed by atoms with Gasteiger partial charge < -0.3 is 24.6 Å². The SMILES string of the molecule is C[C@H]1CN([C@@H](C)CO)C(=O)c2cc(NC(=O)C3CCCCC3)ccc2O[C@@H]1CN(C)S(=O)(=O)c1cn(C)cn1. The van der Waals surface area contributed by atoms with Gasteiger partial charge >= 0.3 is 0 Å². The molecule has 0 unspecified atom stereocenters. The average Bonchev–Trinajstić information content (AvgIpc) is 3.38. The molecular formula is C27H39N5O6S. The molecule has 0 radical (unpaired) electrons. The Hall–Kier alpha value is -2.96. The zero-order valence-corrected chi connectivity index (χ0v) is 23.9. The van der Waals surface area contributed by atoms with E-state index < -0.39 is 22.2 Å². The summed E-state index contributed by atoms with van der Waals surface area (Å²) < 4.78 is 35.3. The molecule has 1 fully saturated rings.